The first kappa shape index (κ1) is 33.4. The van der Waals surface area contributed by atoms with Gasteiger partial charge >= 0.3 is 27.3 Å². The minimum atomic E-state index is -5.22. The third-order valence-corrected chi connectivity index (χ3v) is 8.60. The van der Waals surface area contributed by atoms with Crippen LogP contribution in [0.5, 0.6) is 0 Å². The van der Waals surface area contributed by atoms with Crippen LogP contribution in [0.1, 0.15) is 95.8 Å². The Hall–Kier alpha value is -1.85. The molecule has 0 aromatic carbocycles. The molecule has 2 unspecified atom stereocenters. The SMILES string of the molecule is CCCCCCCCCCCCCC(=O)OP(=O)(O)OP(=O)(O)OC[C@@H]1C=C[C@H](n2cc(C)c(=O)[nH]c2=O)O1. The summed E-state index contributed by atoms with van der Waals surface area (Å²) in [5.74, 6) is -1.02. The third kappa shape index (κ3) is 12.9. The molecule has 0 radical (unpaired) electrons. The monoisotopic (exact) mass is 594 g/mol. The molecule has 0 amide bonds. The standard InChI is InChI=1S/C24H40N2O11P2/c1-3-4-5-6-7-8-9-10-11-12-13-14-22(27)36-39(32,33)37-38(30,31)34-18-20-15-16-21(35-20)26-17-19(2)23(28)25-24(26)29/h15-17,20-21H,3-14,18H2,1-2H3,(H,30,31)(H,32,33)(H,25,28,29)/t20-,21+/m0/s1. The second-order valence-electron chi connectivity index (χ2n) is 9.49. The Bertz CT molecular complexity index is 1160. The number of rotatable bonds is 19. The van der Waals surface area contributed by atoms with Crippen molar-refractivity contribution >= 4 is 21.6 Å². The summed E-state index contributed by atoms with van der Waals surface area (Å²) in [7, 11) is -10.3. The lowest BCUT2D eigenvalue weighted by Crippen LogP contribution is -2.33. The van der Waals surface area contributed by atoms with E-state index < -0.39 is 51.8 Å². The number of hydrogen-bond acceptors (Lipinski definition) is 9. The van der Waals surface area contributed by atoms with Gasteiger partial charge in [0.1, 0.15) is 6.10 Å². The number of aryl methyl sites for hydroxylation is 1. The molecule has 13 nitrogen and oxygen atoms in total. The van der Waals surface area contributed by atoms with Crippen LogP contribution in [-0.2, 0) is 32.0 Å². The first-order valence-electron chi connectivity index (χ1n) is 13.3. The lowest BCUT2D eigenvalue weighted by atomic mass is 10.1. The number of phosphoric ester groups is 2. The average Bonchev–Trinajstić information content (AvgIpc) is 3.31. The van der Waals surface area contributed by atoms with E-state index in [0.717, 1.165) is 30.3 Å². The number of ether oxygens (including phenoxy) is 1. The zero-order chi connectivity index (χ0) is 28.9. The van der Waals surface area contributed by atoms with E-state index in [9.17, 15) is 33.3 Å². The summed E-state index contributed by atoms with van der Waals surface area (Å²) in [6, 6.07) is 0. The fourth-order valence-corrected chi connectivity index (χ4v) is 6.01. The van der Waals surface area contributed by atoms with Crippen LogP contribution in [0.2, 0.25) is 0 Å². The van der Waals surface area contributed by atoms with Gasteiger partial charge in [-0.3, -0.25) is 28.6 Å². The number of unbranched alkanes of at least 4 members (excludes halogenated alkanes) is 10. The van der Waals surface area contributed by atoms with Crippen LogP contribution in [0, 0.1) is 6.92 Å². The molecule has 0 spiro atoms. The normalized spacial score (nSPS) is 20.0. The lowest BCUT2D eigenvalue weighted by Gasteiger charge is -2.19. The molecular formula is C24H40N2O11P2. The second kappa shape index (κ2) is 16.4. The molecule has 0 fully saturated rings. The van der Waals surface area contributed by atoms with E-state index in [0.29, 0.717) is 6.42 Å². The van der Waals surface area contributed by atoms with Gasteiger partial charge in [0.2, 0.25) is 0 Å². The van der Waals surface area contributed by atoms with Crippen LogP contribution in [-0.4, -0.2) is 38.0 Å². The summed E-state index contributed by atoms with van der Waals surface area (Å²) in [5.41, 5.74) is -0.977. The second-order valence-corrected chi connectivity index (χ2v) is 12.5. The van der Waals surface area contributed by atoms with Crippen LogP contribution >= 0.6 is 15.6 Å². The first-order valence-corrected chi connectivity index (χ1v) is 16.3. The van der Waals surface area contributed by atoms with Gasteiger partial charge in [-0.15, -0.1) is 0 Å². The van der Waals surface area contributed by atoms with Gasteiger partial charge < -0.3 is 14.2 Å². The van der Waals surface area contributed by atoms with Crippen molar-refractivity contribution in [1.29, 1.82) is 0 Å². The number of carbonyl (C=O) groups excluding carboxylic acids is 1. The van der Waals surface area contributed by atoms with E-state index in [-0.39, 0.29) is 12.0 Å². The molecule has 1 aliphatic heterocycles. The fraction of sp³-hybridized carbons (Fsp3) is 0.708. The highest BCUT2D eigenvalue weighted by Gasteiger charge is 2.38. The number of nitrogens with one attached hydrogen (secondary N) is 1. The third-order valence-electron chi connectivity index (χ3n) is 6.03. The topological polar surface area (TPSA) is 183 Å². The van der Waals surface area contributed by atoms with Gasteiger partial charge in [0, 0.05) is 18.2 Å². The van der Waals surface area contributed by atoms with Gasteiger partial charge in [0.05, 0.1) is 6.61 Å². The molecule has 0 aliphatic carbocycles. The summed E-state index contributed by atoms with van der Waals surface area (Å²) < 4.78 is 44.1. The van der Waals surface area contributed by atoms with Crippen molar-refractivity contribution in [2.75, 3.05) is 6.61 Å². The summed E-state index contributed by atoms with van der Waals surface area (Å²) in [6.07, 6.45) is 14.0. The maximum absolute atomic E-state index is 12.1. The van der Waals surface area contributed by atoms with E-state index in [1.54, 1.807) is 0 Å². The van der Waals surface area contributed by atoms with Gasteiger partial charge in [-0.25, -0.2) is 13.9 Å². The van der Waals surface area contributed by atoms with E-state index in [2.05, 4.69) is 20.7 Å². The predicted molar refractivity (Wildman–Crippen MR) is 143 cm³/mol. The highest BCUT2D eigenvalue weighted by Crippen LogP contribution is 2.60. The maximum atomic E-state index is 12.1. The van der Waals surface area contributed by atoms with Crippen LogP contribution in [0.25, 0.3) is 0 Å². The molecular weight excluding hydrogens is 554 g/mol. The number of aromatic amines is 1. The van der Waals surface area contributed by atoms with Crippen molar-refractivity contribution < 1.29 is 41.8 Å². The number of phosphoric acid groups is 2. The van der Waals surface area contributed by atoms with E-state index in [4.69, 9.17) is 9.26 Å². The van der Waals surface area contributed by atoms with Gasteiger partial charge in [0.15, 0.2) is 6.23 Å². The zero-order valence-electron chi connectivity index (χ0n) is 22.5. The van der Waals surface area contributed by atoms with Crippen molar-refractivity contribution in [3.8, 4) is 0 Å². The molecule has 1 aromatic rings. The Labute approximate surface area is 227 Å². The Morgan fingerprint density at radius 3 is 2.18 bits per heavy atom. The molecule has 222 valence electrons. The average molecular weight is 595 g/mol. The summed E-state index contributed by atoms with van der Waals surface area (Å²) in [6.45, 7) is 3.12. The van der Waals surface area contributed by atoms with E-state index in [1.807, 2.05) is 0 Å². The highest BCUT2D eigenvalue weighted by molar-refractivity contribution is 7.61. The van der Waals surface area contributed by atoms with Gasteiger partial charge in [-0.2, -0.15) is 4.31 Å². The molecule has 0 saturated carbocycles. The van der Waals surface area contributed by atoms with E-state index >= 15 is 0 Å². The van der Waals surface area contributed by atoms with Crippen LogP contribution in [0.15, 0.2) is 27.9 Å². The molecule has 3 N–H and O–H groups in total. The Morgan fingerprint density at radius 1 is 0.974 bits per heavy atom. The van der Waals surface area contributed by atoms with Crippen molar-refractivity contribution in [3.63, 3.8) is 0 Å². The van der Waals surface area contributed by atoms with Crippen molar-refractivity contribution in [1.82, 2.24) is 9.55 Å². The fourth-order valence-electron chi connectivity index (χ4n) is 3.96. The van der Waals surface area contributed by atoms with Gasteiger partial charge in [0.25, 0.3) is 5.56 Å². The van der Waals surface area contributed by atoms with Gasteiger partial charge in [-0.1, -0.05) is 77.2 Å². The number of aromatic nitrogens is 2. The molecule has 0 bridgehead atoms. The Morgan fingerprint density at radius 2 is 1.56 bits per heavy atom. The number of nitrogens with zero attached hydrogens (tertiary/aromatic N) is 1. The maximum Gasteiger partial charge on any atom is 0.538 e. The Balaban J connectivity index is 1.65. The molecule has 1 aromatic heterocycles. The van der Waals surface area contributed by atoms with Crippen LogP contribution in [0.4, 0.5) is 0 Å². The molecule has 1 aliphatic rings. The predicted octanol–water partition coefficient (Wildman–Crippen LogP) is 4.78. The largest absolute Gasteiger partial charge is 0.538 e. The van der Waals surface area contributed by atoms with E-state index in [1.165, 1.54) is 63.8 Å². The quantitative estimate of drug-likeness (QED) is 0.114. The summed E-state index contributed by atoms with van der Waals surface area (Å²) in [4.78, 5) is 57.0. The van der Waals surface area contributed by atoms with Crippen molar-refractivity contribution in [2.24, 2.45) is 0 Å². The number of hydrogen-bond donors (Lipinski definition) is 3. The lowest BCUT2D eigenvalue weighted by molar-refractivity contribution is -0.135. The molecule has 4 atom stereocenters. The molecule has 39 heavy (non-hydrogen) atoms. The smallest absolute Gasteiger partial charge is 0.370 e. The summed E-state index contributed by atoms with van der Waals surface area (Å²) in [5, 5.41) is 0. The minimum absolute atomic E-state index is 0.132. The minimum Gasteiger partial charge on any atom is -0.370 e. The van der Waals surface area contributed by atoms with Crippen LogP contribution in [0.3, 0.4) is 0 Å². The van der Waals surface area contributed by atoms with Gasteiger partial charge in [-0.05, 0) is 19.4 Å². The Kier molecular flexibility index (Phi) is 14.0. The molecule has 2 heterocycles. The van der Waals surface area contributed by atoms with Crippen molar-refractivity contribution in [2.45, 2.75) is 103 Å². The first-order chi connectivity index (χ1) is 18.4. The molecule has 15 heteroatoms. The van der Waals surface area contributed by atoms with Crippen molar-refractivity contribution in [3.05, 3.63) is 44.8 Å². The zero-order valence-corrected chi connectivity index (χ0v) is 24.3. The molecule has 2 rings (SSSR count). The number of H-pyrrole nitrogens is 1. The summed E-state index contributed by atoms with van der Waals surface area (Å²) >= 11 is 0. The highest BCUT2D eigenvalue weighted by atomic mass is 31.3. The molecule has 0 saturated heterocycles. The van der Waals surface area contributed by atoms with Crippen LogP contribution < -0.4 is 11.2 Å². The number of carbonyl (C=O) groups is 1.